The predicted octanol–water partition coefficient (Wildman–Crippen LogP) is 3.97. The van der Waals surface area contributed by atoms with Crippen LogP contribution >= 0.6 is 11.3 Å². The number of nitrogens with one attached hydrogen (secondary N) is 1. The Labute approximate surface area is 133 Å². The van der Waals surface area contributed by atoms with E-state index in [-0.39, 0.29) is 4.90 Å². The first-order chi connectivity index (χ1) is 10.5. The number of fused-ring (bicyclic) bond motifs is 1. The first-order valence-corrected chi connectivity index (χ1v) is 9.27. The van der Waals surface area contributed by atoms with E-state index in [4.69, 9.17) is 0 Å². The summed E-state index contributed by atoms with van der Waals surface area (Å²) in [7, 11) is -3.56. The number of anilines is 1. The Morgan fingerprint density at radius 1 is 1.14 bits per heavy atom. The van der Waals surface area contributed by atoms with Gasteiger partial charge in [0, 0.05) is 0 Å². The van der Waals surface area contributed by atoms with Crippen LogP contribution in [-0.4, -0.2) is 13.4 Å². The van der Waals surface area contributed by atoms with Crippen LogP contribution in [0.4, 0.5) is 5.69 Å². The summed E-state index contributed by atoms with van der Waals surface area (Å²) in [5, 5.41) is 1.05. The molecule has 6 heteroatoms. The second kappa shape index (κ2) is 5.70. The smallest absolute Gasteiger partial charge is 0.261 e. The zero-order valence-corrected chi connectivity index (χ0v) is 14.0. The Balaban J connectivity index is 1.92. The molecular weight excluding hydrogens is 316 g/mol. The number of nitrogens with zero attached hydrogens (tertiary/aromatic N) is 1. The molecule has 4 nitrogen and oxygen atoms in total. The third-order valence-corrected chi connectivity index (χ3v) is 5.88. The van der Waals surface area contributed by atoms with E-state index in [9.17, 15) is 8.42 Å². The molecule has 0 bridgehead atoms. The molecule has 1 aromatic heterocycles. The Kier molecular flexibility index (Phi) is 3.88. The lowest BCUT2D eigenvalue weighted by molar-refractivity contribution is 0.601. The van der Waals surface area contributed by atoms with Crippen molar-refractivity contribution in [2.24, 2.45) is 0 Å². The summed E-state index contributed by atoms with van der Waals surface area (Å²) in [6.07, 6.45) is 0.879. The van der Waals surface area contributed by atoms with E-state index in [2.05, 4.69) is 16.6 Å². The summed E-state index contributed by atoms with van der Waals surface area (Å²) < 4.78 is 28.4. The topological polar surface area (TPSA) is 59.1 Å². The summed E-state index contributed by atoms with van der Waals surface area (Å²) in [4.78, 5) is 4.74. The van der Waals surface area contributed by atoms with E-state index in [1.807, 2.05) is 19.1 Å². The summed E-state index contributed by atoms with van der Waals surface area (Å²) in [5.74, 6) is 0. The van der Waals surface area contributed by atoms with Gasteiger partial charge in [0.05, 0.1) is 25.8 Å². The van der Waals surface area contributed by atoms with Crippen LogP contribution in [0.15, 0.2) is 47.4 Å². The number of sulfonamides is 1. The fourth-order valence-corrected chi connectivity index (χ4v) is 4.11. The van der Waals surface area contributed by atoms with Gasteiger partial charge in [0.2, 0.25) is 0 Å². The molecule has 3 aromatic rings. The van der Waals surface area contributed by atoms with E-state index < -0.39 is 10.0 Å². The highest BCUT2D eigenvalue weighted by molar-refractivity contribution is 7.92. The van der Waals surface area contributed by atoms with Crippen molar-refractivity contribution in [3.63, 3.8) is 0 Å². The standard InChI is InChI=1S/C16H16N2O2S2/c1-3-16-17-14-9-6-12(10-15(14)21-16)18-22(19,20)13-7-4-11(2)5-8-13/h4-10,18H,3H2,1-2H3. The molecule has 1 heterocycles. The highest BCUT2D eigenvalue weighted by Crippen LogP contribution is 2.26. The lowest BCUT2D eigenvalue weighted by Crippen LogP contribution is -2.12. The van der Waals surface area contributed by atoms with E-state index >= 15 is 0 Å². The molecule has 0 aliphatic heterocycles. The molecule has 22 heavy (non-hydrogen) atoms. The van der Waals surface area contributed by atoms with Gasteiger partial charge in [-0.2, -0.15) is 0 Å². The first-order valence-electron chi connectivity index (χ1n) is 6.97. The van der Waals surface area contributed by atoms with Gasteiger partial charge < -0.3 is 0 Å². The van der Waals surface area contributed by atoms with Gasteiger partial charge in [-0.05, 0) is 43.7 Å². The van der Waals surface area contributed by atoms with Crippen LogP contribution < -0.4 is 4.72 Å². The van der Waals surface area contributed by atoms with E-state index in [1.54, 1.807) is 41.7 Å². The fraction of sp³-hybridized carbons (Fsp3) is 0.188. The van der Waals surface area contributed by atoms with Crippen LogP contribution in [0.3, 0.4) is 0 Å². The second-order valence-electron chi connectivity index (χ2n) is 5.06. The number of aryl methyl sites for hydroxylation is 2. The van der Waals surface area contributed by atoms with E-state index in [0.717, 1.165) is 27.2 Å². The normalized spacial score (nSPS) is 11.7. The fourth-order valence-electron chi connectivity index (χ4n) is 2.12. The predicted molar refractivity (Wildman–Crippen MR) is 91.0 cm³/mol. The maximum Gasteiger partial charge on any atom is 0.261 e. The van der Waals surface area contributed by atoms with Gasteiger partial charge in [0.15, 0.2) is 0 Å². The highest BCUT2D eigenvalue weighted by Gasteiger charge is 2.14. The molecule has 0 radical (unpaired) electrons. The Morgan fingerprint density at radius 2 is 1.86 bits per heavy atom. The largest absolute Gasteiger partial charge is 0.280 e. The first kappa shape index (κ1) is 15.0. The lowest BCUT2D eigenvalue weighted by Gasteiger charge is -2.08. The third kappa shape index (κ3) is 2.98. The molecule has 1 N–H and O–H groups in total. The Bertz CT molecular complexity index is 913. The van der Waals surface area contributed by atoms with E-state index in [1.165, 1.54) is 0 Å². The molecule has 0 unspecified atom stereocenters. The average Bonchev–Trinajstić information content (AvgIpc) is 2.89. The van der Waals surface area contributed by atoms with Crippen LogP contribution in [0, 0.1) is 6.92 Å². The molecule has 3 rings (SSSR count). The lowest BCUT2D eigenvalue weighted by atomic mass is 10.2. The van der Waals surface area contributed by atoms with Crippen molar-refractivity contribution in [3.05, 3.63) is 53.0 Å². The van der Waals surface area contributed by atoms with Gasteiger partial charge in [0.25, 0.3) is 10.0 Å². The molecule has 0 saturated heterocycles. The number of benzene rings is 2. The van der Waals surface area contributed by atoms with Crippen LogP contribution in [0.5, 0.6) is 0 Å². The molecule has 0 spiro atoms. The van der Waals surface area contributed by atoms with Gasteiger partial charge in [-0.15, -0.1) is 11.3 Å². The van der Waals surface area contributed by atoms with Crippen molar-refractivity contribution in [1.82, 2.24) is 4.98 Å². The van der Waals surface area contributed by atoms with Crippen molar-refractivity contribution in [2.75, 3.05) is 4.72 Å². The molecule has 0 aliphatic rings. The molecule has 0 saturated carbocycles. The summed E-state index contributed by atoms with van der Waals surface area (Å²) in [6.45, 7) is 3.98. The molecule has 0 atom stereocenters. The number of aromatic nitrogens is 1. The van der Waals surface area contributed by atoms with Crippen LogP contribution in [0.2, 0.25) is 0 Å². The highest BCUT2D eigenvalue weighted by atomic mass is 32.2. The minimum Gasteiger partial charge on any atom is -0.280 e. The number of hydrogen-bond acceptors (Lipinski definition) is 4. The molecule has 0 fully saturated rings. The van der Waals surface area contributed by atoms with Crippen LogP contribution in [0.1, 0.15) is 17.5 Å². The van der Waals surface area contributed by atoms with Gasteiger partial charge in [-0.3, -0.25) is 4.72 Å². The van der Waals surface area contributed by atoms with Gasteiger partial charge >= 0.3 is 0 Å². The van der Waals surface area contributed by atoms with Crippen molar-refractivity contribution in [2.45, 2.75) is 25.2 Å². The number of thiazole rings is 1. The maximum absolute atomic E-state index is 12.4. The average molecular weight is 332 g/mol. The zero-order chi connectivity index (χ0) is 15.7. The third-order valence-electron chi connectivity index (χ3n) is 3.32. The van der Waals surface area contributed by atoms with E-state index in [0.29, 0.717) is 5.69 Å². The minimum atomic E-state index is -3.56. The maximum atomic E-state index is 12.4. The summed E-state index contributed by atoms with van der Waals surface area (Å²) in [6, 6.07) is 12.2. The summed E-state index contributed by atoms with van der Waals surface area (Å²) in [5.41, 5.74) is 2.48. The second-order valence-corrected chi connectivity index (χ2v) is 7.86. The quantitative estimate of drug-likeness (QED) is 0.786. The summed E-state index contributed by atoms with van der Waals surface area (Å²) >= 11 is 1.59. The molecule has 0 amide bonds. The van der Waals surface area contributed by atoms with Crippen molar-refractivity contribution >= 4 is 37.3 Å². The van der Waals surface area contributed by atoms with Crippen LogP contribution in [0.25, 0.3) is 10.2 Å². The van der Waals surface area contributed by atoms with Crippen molar-refractivity contribution < 1.29 is 8.42 Å². The molecule has 0 aliphatic carbocycles. The van der Waals surface area contributed by atoms with Crippen molar-refractivity contribution in [3.8, 4) is 0 Å². The molecule has 114 valence electrons. The van der Waals surface area contributed by atoms with Crippen molar-refractivity contribution in [1.29, 1.82) is 0 Å². The number of hydrogen-bond donors (Lipinski definition) is 1. The molecular formula is C16H16N2O2S2. The van der Waals surface area contributed by atoms with Gasteiger partial charge in [0.1, 0.15) is 0 Å². The van der Waals surface area contributed by atoms with Gasteiger partial charge in [-0.25, -0.2) is 13.4 Å². The van der Waals surface area contributed by atoms with Crippen LogP contribution in [-0.2, 0) is 16.4 Å². The Hall–Kier alpha value is -1.92. The SMILES string of the molecule is CCc1nc2ccc(NS(=O)(=O)c3ccc(C)cc3)cc2s1. The minimum absolute atomic E-state index is 0.261. The monoisotopic (exact) mass is 332 g/mol. The Morgan fingerprint density at radius 3 is 2.55 bits per heavy atom. The van der Waals surface area contributed by atoms with Gasteiger partial charge in [-0.1, -0.05) is 24.6 Å². The number of rotatable bonds is 4. The zero-order valence-electron chi connectivity index (χ0n) is 12.3. The molecule has 2 aromatic carbocycles.